The average Bonchev–Trinajstić information content (AvgIpc) is 3.10. The highest BCUT2D eigenvalue weighted by Crippen LogP contribution is 2.25. The molecule has 0 spiro atoms. The zero-order chi connectivity index (χ0) is 18.6. The molecular formula is C19H19ClN2O3S. The summed E-state index contributed by atoms with van der Waals surface area (Å²) in [5, 5.41) is 3.08. The normalized spacial score (nSPS) is 16.4. The summed E-state index contributed by atoms with van der Waals surface area (Å²) in [6.45, 7) is 0. The van der Waals surface area contributed by atoms with Crippen molar-refractivity contribution in [3.8, 4) is 0 Å². The summed E-state index contributed by atoms with van der Waals surface area (Å²) in [5.74, 6) is 0.124. The molecule has 136 valence electrons. The lowest BCUT2D eigenvalue weighted by atomic mass is 10.1. The molecule has 2 N–H and O–H groups in total. The molecule has 2 aromatic rings. The number of halogens is 1. The fourth-order valence-corrected chi connectivity index (χ4v) is 4.17. The average molecular weight is 391 g/mol. The molecule has 5 nitrogen and oxygen atoms in total. The van der Waals surface area contributed by atoms with Crippen molar-refractivity contribution in [1.82, 2.24) is 0 Å². The second kappa shape index (κ2) is 7.93. The van der Waals surface area contributed by atoms with E-state index in [9.17, 15) is 13.2 Å². The van der Waals surface area contributed by atoms with E-state index in [0.29, 0.717) is 22.8 Å². The second-order valence-electron chi connectivity index (χ2n) is 6.13. The van der Waals surface area contributed by atoms with E-state index < -0.39 is 10.0 Å². The summed E-state index contributed by atoms with van der Waals surface area (Å²) in [6, 6.07) is 12.8. The van der Waals surface area contributed by atoms with Gasteiger partial charge in [-0.1, -0.05) is 42.0 Å². The number of carbonyl (C=O) groups excluding carboxylic acids is 1. The zero-order valence-electron chi connectivity index (χ0n) is 14.0. The fraction of sp³-hybridized carbons (Fsp3) is 0.211. The predicted octanol–water partition coefficient (Wildman–Crippen LogP) is 4.44. The largest absolute Gasteiger partial charge is 0.326 e. The molecule has 3 rings (SSSR count). The first-order valence-electron chi connectivity index (χ1n) is 8.28. The number of benzene rings is 2. The number of anilines is 2. The van der Waals surface area contributed by atoms with Gasteiger partial charge in [-0.2, -0.15) is 0 Å². The first kappa shape index (κ1) is 18.5. The van der Waals surface area contributed by atoms with Gasteiger partial charge < -0.3 is 5.32 Å². The SMILES string of the molecule is O=C(CC1C=CCC1)Nc1cccc(S(=O)(=O)Nc2ccccc2Cl)c1. The number of allylic oxidation sites excluding steroid dienone is 2. The zero-order valence-corrected chi connectivity index (χ0v) is 15.6. The Balaban J connectivity index is 1.72. The van der Waals surface area contributed by atoms with Crippen molar-refractivity contribution in [2.45, 2.75) is 24.2 Å². The monoisotopic (exact) mass is 390 g/mol. The number of amides is 1. The van der Waals surface area contributed by atoms with Crippen molar-refractivity contribution in [2.75, 3.05) is 10.0 Å². The van der Waals surface area contributed by atoms with E-state index in [1.54, 1.807) is 36.4 Å². The maximum atomic E-state index is 12.6. The first-order chi connectivity index (χ1) is 12.4. The Kier molecular flexibility index (Phi) is 5.64. The minimum absolute atomic E-state index is 0.0518. The topological polar surface area (TPSA) is 75.3 Å². The van der Waals surface area contributed by atoms with E-state index in [1.807, 2.05) is 6.08 Å². The number of carbonyl (C=O) groups is 1. The summed E-state index contributed by atoms with van der Waals surface area (Å²) in [7, 11) is -3.81. The molecule has 2 aromatic carbocycles. The number of rotatable bonds is 6. The number of para-hydroxylation sites is 1. The molecule has 0 fully saturated rings. The molecular weight excluding hydrogens is 372 g/mol. The Labute approximate surface area is 158 Å². The summed E-state index contributed by atoms with van der Waals surface area (Å²) in [4.78, 5) is 12.2. The van der Waals surface area contributed by atoms with Gasteiger partial charge in [0, 0.05) is 12.1 Å². The molecule has 26 heavy (non-hydrogen) atoms. The summed E-state index contributed by atoms with van der Waals surface area (Å²) in [5.41, 5.74) is 0.746. The standard InChI is InChI=1S/C19H19ClN2O3S/c20-17-10-3-4-11-18(17)22-26(24,25)16-9-5-8-15(13-16)21-19(23)12-14-6-1-2-7-14/h1,3-6,8-11,13-14,22H,2,7,12H2,(H,21,23). The third-order valence-corrected chi connectivity index (χ3v) is 5.80. The molecule has 0 saturated carbocycles. The van der Waals surface area contributed by atoms with Crippen LogP contribution in [0.4, 0.5) is 11.4 Å². The van der Waals surface area contributed by atoms with Crippen LogP contribution in [0.25, 0.3) is 0 Å². The van der Waals surface area contributed by atoms with E-state index in [4.69, 9.17) is 11.6 Å². The smallest absolute Gasteiger partial charge is 0.262 e. The molecule has 0 aliphatic heterocycles. The van der Waals surface area contributed by atoms with E-state index in [0.717, 1.165) is 12.8 Å². The highest BCUT2D eigenvalue weighted by Gasteiger charge is 2.18. The minimum Gasteiger partial charge on any atom is -0.326 e. The Morgan fingerprint density at radius 2 is 1.96 bits per heavy atom. The Morgan fingerprint density at radius 3 is 2.69 bits per heavy atom. The van der Waals surface area contributed by atoms with Crippen molar-refractivity contribution in [3.05, 3.63) is 65.7 Å². The molecule has 1 aliphatic carbocycles. The lowest BCUT2D eigenvalue weighted by Crippen LogP contribution is -2.16. The van der Waals surface area contributed by atoms with Gasteiger partial charge in [0.2, 0.25) is 5.91 Å². The highest BCUT2D eigenvalue weighted by atomic mass is 35.5. The number of hydrogen-bond donors (Lipinski definition) is 2. The van der Waals surface area contributed by atoms with Crippen LogP contribution in [-0.4, -0.2) is 14.3 Å². The summed E-state index contributed by atoms with van der Waals surface area (Å²) in [6.07, 6.45) is 6.49. The van der Waals surface area contributed by atoms with Gasteiger partial charge in [0.15, 0.2) is 0 Å². The maximum absolute atomic E-state index is 12.6. The van der Waals surface area contributed by atoms with Crippen LogP contribution in [-0.2, 0) is 14.8 Å². The molecule has 1 atom stereocenters. The molecule has 0 radical (unpaired) electrons. The van der Waals surface area contributed by atoms with Crippen LogP contribution < -0.4 is 10.0 Å². The van der Waals surface area contributed by atoms with E-state index in [1.165, 1.54) is 12.1 Å². The first-order valence-corrected chi connectivity index (χ1v) is 10.1. The lowest BCUT2D eigenvalue weighted by Gasteiger charge is -2.12. The van der Waals surface area contributed by atoms with Gasteiger partial charge in [-0.3, -0.25) is 9.52 Å². The Morgan fingerprint density at radius 1 is 1.15 bits per heavy atom. The van der Waals surface area contributed by atoms with Gasteiger partial charge in [-0.15, -0.1) is 0 Å². The summed E-state index contributed by atoms with van der Waals surface area (Å²) >= 11 is 6.01. The van der Waals surface area contributed by atoms with Crippen LogP contribution >= 0.6 is 11.6 Å². The second-order valence-corrected chi connectivity index (χ2v) is 8.22. The third kappa shape index (κ3) is 4.65. The molecule has 0 bridgehead atoms. The number of hydrogen-bond acceptors (Lipinski definition) is 3. The van der Waals surface area contributed by atoms with E-state index in [-0.39, 0.29) is 16.7 Å². The lowest BCUT2D eigenvalue weighted by molar-refractivity contribution is -0.116. The molecule has 0 aromatic heterocycles. The van der Waals surface area contributed by atoms with Crippen molar-refractivity contribution >= 4 is 38.9 Å². The van der Waals surface area contributed by atoms with Gasteiger partial charge in [0.1, 0.15) is 0 Å². The van der Waals surface area contributed by atoms with E-state index >= 15 is 0 Å². The van der Waals surface area contributed by atoms with Gasteiger partial charge in [-0.25, -0.2) is 8.42 Å². The van der Waals surface area contributed by atoms with Crippen LogP contribution in [0.5, 0.6) is 0 Å². The van der Waals surface area contributed by atoms with Crippen molar-refractivity contribution in [1.29, 1.82) is 0 Å². The maximum Gasteiger partial charge on any atom is 0.262 e. The minimum atomic E-state index is -3.81. The van der Waals surface area contributed by atoms with Crippen LogP contribution in [0.3, 0.4) is 0 Å². The summed E-state index contributed by atoms with van der Waals surface area (Å²) < 4.78 is 27.6. The molecule has 7 heteroatoms. The number of nitrogens with one attached hydrogen (secondary N) is 2. The van der Waals surface area contributed by atoms with Crippen molar-refractivity contribution < 1.29 is 13.2 Å². The van der Waals surface area contributed by atoms with E-state index in [2.05, 4.69) is 16.1 Å². The molecule has 0 saturated heterocycles. The van der Waals surface area contributed by atoms with Crippen molar-refractivity contribution in [3.63, 3.8) is 0 Å². The van der Waals surface area contributed by atoms with Crippen LogP contribution in [0.2, 0.25) is 5.02 Å². The van der Waals surface area contributed by atoms with Crippen LogP contribution in [0.1, 0.15) is 19.3 Å². The van der Waals surface area contributed by atoms with Crippen LogP contribution in [0, 0.1) is 5.92 Å². The van der Waals surface area contributed by atoms with Gasteiger partial charge in [0.25, 0.3) is 10.0 Å². The van der Waals surface area contributed by atoms with Crippen LogP contribution in [0.15, 0.2) is 65.6 Å². The van der Waals surface area contributed by atoms with Crippen molar-refractivity contribution in [2.24, 2.45) is 5.92 Å². The van der Waals surface area contributed by atoms with Gasteiger partial charge in [0.05, 0.1) is 15.6 Å². The predicted molar refractivity (Wildman–Crippen MR) is 104 cm³/mol. The Bertz CT molecular complexity index is 941. The Hall–Kier alpha value is -2.31. The fourth-order valence-electron chi connectivity index (χ4n) is 2.80. The molecule has 1 unspecified atom stereocenters. The molecule has 1 aliphatic rings. The highest BCUT2D eigenvalue weighted by molar-refractivity contribution is 7.92. The third-order valence-electron chi connectivity index (χ3n) is 4.11. The molecule has 0 heterocycles. The van der Waals surface area contributed by atoms with Gasteiger partial charge in [-0.05, 0) is 49.1 Å². The number of sulfonamides is 1. The van der Waals surface area contributed by atoms with Gasteiger partial charge >= 0.3 is 0 Å². The molecule has 1 amide bonds. The quantitative estimate of drug-likeness (QED) is 0.716.